The molecule has 0 fully saturated rings. The van der Waals surface area contributed by atoms with Gasteiger partial charge in [0.05, 0.1) is 37.2 Å². The highest BCUT2D eigenvalue weighted by Gasteiger charge is 2.06. The van der Waals surface area contributed by atoms with Crippen LogP contribution in [0.15, 0.2) is 29.2 Å². The number of rotatable bonds is 9. The van der Waals surface area contributed by atoms with Crippen molar-refractivity contribution in [2.75, 3.05) is 20.0 Å². The summed E-state index contributed by atoms with van der Waals surface area (Å²) < 4.78 is 33.2. The summed E-state index contributed by atoms with van der Waals surface area (Å²) in [6.07, 6.45) is 5.88. The predicted molar refractivity (Wildman–Crippen MR) is 91.8 cm³/mol. The number of pyridine rings is 2. The van der Waals surface area contributed by atoms with Gasteiger partial charge in [-0.15, -0.1) is 0 Å². The first-order valence-electron chi connectivity index (χ1n) is 7.79. The lowest BCUT2D eigenvalue weighted by Gasteiger charge is -2.10. The van der Waals surface area contributed by atoms with Gasteiger partial charge < -0.3 is 9.30 Å². The Hall–Kier alpha value is -1.93. The van der Waals surface area contributed by atoms with Crippen LogP contribution in [-0.2, 0) is 20.8 Å². The number of hydrogen-bond donors (Lipinski definition) is 0. The summed E-state index contributed by atoms with van der Waals surface area (Å²) in [6.45, 7) is 0.784. The monoisotopic (exact) mass is 354 g/mol. The summed E-state index contributed by atoms with van der Waals surface area (Å²) in [5.74, 6) is 0.611. The van der Waals surface area contributed by atoms with E-state index in [0.29, 0.717) is 18.7 Å². The van der Waals surface area contributed by atoms with Gasteiger partial charge in [-0.2, -0.15) is 8.42 Å². The van der Waals surface area contributed by atoms with Gasteiger partial charge in [-0.25, -0.2) is 0 Å². The zero-order valence-corrected chi connectivity index (χ0v) is 14.7. The van der Waals surface area contributed by atoms with Gasteiger partial charge in [0, 0.05) is 18.7 Å². The first-order chi connectivity index (χ1) is 11.4. The second kappa shape index (κ2) is 8.25. The summed E-state index contributed by atoms with van der Waals surface area (Å²) in [7, 11) is -1.80. The summed E-state index contributed by atoms with van der Waals surface area (Å²) in [5.41, 5.74) is 1.43. The highest BCUT2D eigenvalue weighted by molar-refractivity contribution is 7.85. The van der Waals surface area contributed by atoms with E-state index in [1.165, 1.54) is 6.07 Å². The van der Waals surface area contributed by atoms with Gasteiger partial charge in [0.25, 0.3) is 15.7 Å². The number of hydrogen-bond acceptors (Lipinski definition) is 6. The summed E-state index contributed by atoms with van der Waals surface area (Å²) in [6, 6.07) is 5.03. The maximum absolute atomic E-state index is 12.1. The Bertz CT molecular complexity index is 845. The minimum Gasteiger partial charge on any atom is -0.495 e. The third-order valence-corrected chi connectivity index (χ3v) is 4.22. The largest absolute Gasteiger partial charge is 0.495 e. The molecule has 7 nitrogen and oxygen atoms in total. The summed E-state index contributed by atoms with van der Waals surface area (Å²) >= 11 is 0. The number of ether oxygens (including phenoxy) is 1. The van der Waals surface area contributed by atoms with Crippen molar-refractivity contribution < 1.29 is 17.3 Å². The van der Waals surface area contributed by atoms with Crippen LogP contribution in [0.2, 0.25) is 0 Å². The number of aromatic nitrogens is 2. The van der Waals surface area contributed by atoms with Crippen LogP contribution < -0.4 is 10.3 Å². The molecule has 132 valence electrons. The molecule has 2 rings (SSSR count). The number of unbranched alkanes of at least 4 members (excludes halogenated alkanes) is 3. The van der Waals surface area contributed by atoms with Gasteiger partial charge in [0.2, 0.25) is 0 Å². The van der Waals surface area contributed by atoms with Crippen LogP contribution in [0.3, 0.4) is 0 Å². The third-order valence-electron chi connectivity index (χ3n) is 3.62. The van der Waals surface area contributed by atoms with Gasteiger partial charge in [0.1, 0.15) is 5.75 Å². The molecule has 0 saturated heterocycles. The molecule has 0 amide bonds. The van der Waals surface area contributed by atoms with Crippen LogP contribution in [0.1, 0.15) is 25.7 Å². The van der Waals surface area contributed by atoms with E-state index in [2.05, 4.69) is 4.98 Å². The normalized spacial score (nSPS) is 11.8. The molecule has 0 saturated carbocycles. The summed E-state index contributed by atoms with van der Waals surface area (Å²) in [5, 5.41) is 0. The Morgan fingerprint density at radius 1 is 1.17 bits per heavy atom. The fourth-order valence-electron chi connectivity index (χ4n) is 2.43. The first kappa shape index (κ1) is 18.4. The van der Waals surface area contributed by atoms with Gasteiger partial charge in [0.15, 0.2) is 0 Å². The molecule has 0 atom stereocenters. The molecule has 0 unspecified atom stereocenters. The molecule has 2 aromatic heterocycles. The minimum absolute atomic E-state index is 0.0713. The highest BCUT2D eigenvalue weighted by Crippen LogP contribution is 2.17. The Kier molecular flexibility index (Phi) is 6.33. The van der Waals surface area contributed by atoms with Crippen LogP contribution in [0.4, 0.5) is 0 Å². The third kappa shape index (κ3) is 5.31. The predicted octanol–water partition coefficient (Wildman–Crippen LogP) is 1.94. The molecular formula is C16H22N2O5S. The van der Waals surface area contributed by atoms with Gasteiger partial charge in [-0.1, -0.05) is 12.8 Å². The molecule has 0 aliphatic heterocycles. The Labute approximate surface area is 141 Å². The minimum atomic E-state index is -3.36. The fourth-order valence-corrected chi connectivity index (χ4v) is 2.85. The molecule has 0 aromatic carbocycles. The molecule has 2 aromatic rings. The average molecular weight is 354 g/mol. The van der Waals surface area contributed by atoms with Crippen molar-refractivity contribution in [3.05, 3.63) is 34.7 Å². The van der Waals surface area contributed by atoms with E-state index in [9.17, 15) is 13.2 Å². The van der Waals surface area contributed by atoms with Crippen molar-refractivity contribution in [1.29, 1.82) is 0 Å². The Morgan fingerprint density at radius 2 is 1.92 bits per heavy atom. The number of aryl methyl sites for hydroxylation is 1. The van der Waals surface area contributed by atoms with Crippen LogP contribution >= 0.6 is 0 Å². The van der Waals surface area contributed by atoms with Crippen molar-refractivity contribution in [3.63, 3.8) is 0 Å². The molecule has 0 aliphatic rings. The van der Waals surface area contributed by atoms with Crippen molar-refractivity contribution in [3.8, 4) is 5.75 Å². The standard InChI is InChI=1S/C16H22N2O5S/c1-22-13-11-15-14(17-12-13)7-8-16(19)18(15)9-5-3-4-6-10-23-24(2,20)21/h7-8,11-12H,3-6,9-10H2,1-2H3. The number of methoxy groups -OCH3 is 1. The van der Waals surface area contributed by atoms with E-state index < -0.39 is 10.1 Å². The Morgan fingerprint density at radius 3 is 2.62 bits per heavy atom. The lowest BCUT2D eigenvalue weighted by Crippen LogP contribution is -2.19. The summed E-state index contributed by atoms with van der Waals surface area (Å²) in [4.78, 5) is 16.4. The van der Waals surface area contributed by atoms with Crippen LogP contribution in [-0.4, -0.2) is 37.9 Å². The van der Waals surface area contributed by atoms with Crippen LogP contribution in [0.25, 0.3) is 11.0 Å². The number of nitrogens with zero attached hydrogens (tertiary/aromatic N) is 2. The lowest BCUT2D eigenvalue weighted by atomic mass is 10.2. The quantitative estimate of drug-likeness (QED) is 0.505. The van der Waals surface area contributed by atoms with Crippen LogP contribution in [0, 0.1) is 0 Å². The molecule has 24 heavy (non-hydrogen) atoms. The first-order valence-corrected chi connectivity index (χ1v) is 9.60. The zero-order chi connectivity index (χ0) is 17.6. The van der Waals surface area contributed by atoms with Gasteiger partial charge >= 0.3 is 0 Å². The number of fused-ring (bicyclic) bond motifs is 1. The van der Waals surface area contributed by atoms with E-state index >= 15 is 0 Å². The van der Waals surface area contributed by atoms with E-state index in [1.54, 1.807) is 23.9 Å². The molecule has 0 N–H and O–H groups in total. The molecule has 8 heteroatoms. The van der Waals surface area contributed by atoms with Crippen molar-refractivity contribution >= 4 is 21.2 Å². The van der Waals surface area contributed by atoms with E-state index in [0.717, 1.165) is 36.6 Å². The van der Waals surface area contributed by atoms with Crippen LogP contribution in [0.5, 0.6) is 5.75 Å². The molecule has 0 spiro atoms. The lowest BCUT2D eigenvalue weighted by molar-refractivity contribution is 0.309. The molecular weight excluding hydrogens is 332 g/mol. The highest BCUT2D eigenvalue weighted by atomic mass is 32.2. The van der Waals surface area contributed by atoms with Crippen molar-refractivity contribution in [2.45, 2.75) is 32.2 Å². The SMILES string of the molecule is COc1cnc2ccc(=O)n(CCCCCCOS(C)(=O)=O)c2c1. The van der Waals surface area contributed by atoms with Gasteiger partial charge in [-0.05, 0) is 18.9 Å². The fraction of sp³-hybridized carbons (Fsp3) is 0.500. The average Bonchev–Trinajstić information content (AvgIpc) is 2.54. The molecule has 0 radical (unpaired) electrons. The van der Waals surface area contributed by atoms with E-state index in [4.69, 9.17) is 8.92 Å². The van der Waals surface area contributed by atoms with E-state index in [-0.39, 0.29) is 12.2 Å². The smallest absolute Gasteiger partial charge is 0.264 e. The topological polar surface area (TPSA) is 87.5 Å². The molecule has 0 bridgehead atoms. The second-order valence-corrected chi connectivity index (χ2v) is 7.19. The maximum atomic E-state index is 12.1. The van der Waals surface area contributed by atoms with Gasteiger partial charge in [-0.3, -0.25) is 14.0 Å². The second-order valence-electron chi connectivity index (χ2n) is 5.54. The van der Waals surface area contributed by atoms with Crippen molar-refractivity contribution in [2.24, 2.45) is 0 Å². The molecule has 0 aliphatic carbocycles. The maximum Gasteiger partial charge on any atom is 0.264 e. The zero-order valence-electron chi connectivity index (χ0n) is 13.9. The van der Waals surface area contributed by atoms with E-state index in [1.807, 2.05) is 6.07 Å². The molecule has 2 heterocycles. The Balaban J connectivity index is 1.92. The van der Waals surface area contributed by atoms with Crippen molar-refractivity contribution in [1.82, 2.24) is 9.55 Å².